The Morgan fingerprint density at radius 1 is 1.15 bits per heavy atom. The zero-order chi connectivity index (χ0) is 19.5. The highest BCUT2D eigenvalue weighted by atomic mass is 19.4. The zero-order valence-electron chi connectivity index (χ0n) is 14.1. The van der Waals surface area contributed by atoms with Crippen LogP contribution in [0, 0.1) is 6.92 Å². The molecule has 0 bridgehead atoms. The highest BCUT2D eigenvalue weighted by Crippen LogP contribution is 2.28. The number of hydrogen-bond donors (Lipinski definition) is 1. The Hall–Kier alpha value is -2.90. The lowest BCUT2D eigenvalue weighted by Gasteiger charge is -2.27. The van der Waals surface area contributed by atoms with Crippen LogP contribution in [0.1, 0.15) is 34.2 Å². The van der Waals surface area contributed by atoms with Gasteiger partial charge in [0.25, 0.3) is 5.91 Å². The number of carboxylic acid groups (broad SMARTS) is 1. The first-order valence-electron chi connectivity index (χ1n) is 7.73. The third-order valence-corrected chi connectivity index (χ3v) is 3.89. The number of halogens is 3. The molecule has 1 heterocycles. The van der Waals surface area contributed by atoms with Gasteiger partial charge in [0.15, 0.2) is 0 Å². The summed E-state index contributed by atoms with van der Waals surface area (Å²) in [6.45, 7) is 2.64. The number of carboxylic acids is 1. The second kappa shape index (κ2) is 7.55. The monoisotopic (exact) mass is 366 g/mol. The highest BCUT2D eigenvalue weighted by Gasteiger charge is 2.34. The third-order valence-electron chi connectivity index (χ3n) is 3.89. The number of aromatic nitrogens is 1. The van der Waals surface area contributed by atoms with E-state index < -0.39 is 29.8 Å². The van der Waals surface area contributed by atoms with Gasteiger partial charge in [-0.25, -0.2) is 9.78 Å². The van der Waals surface area contributed by atoms with E-state index in [1.54, 1.807) is 30.3 Å². The van der Waals surface area contributed by atoms with Crippen molar-refractivity contribution in [1.82, 2.24) is 9.88 Å². The van der Waals surface area contributed by atoms with E-state index in [4.69, 9.17) is 0 Å². The molecule has 1 atom stereocenters. The minimum absolute atomic E-state index is 0.00754. The first-order valence-corrected chi connectivity index (χ1v) is 7.73. The Labute approximate surface area is 148 Å². The van der Waals surface area contributed by atoms with Crippen LogP contribution < -0.4 is 0 Å². The molecule has 1 unspecified atom stereocenters. The lowest BCUT2D eigenvalue weighted by atomic mass is 10.1. The van der Waals surface area contributed by atoms with Crippen molar-refractivity contribution < 1.29 is 27.9 Å². The van der Waals surface area contributed by atoms with Gasteiger partial charge in [0.1, 0.15) is 11.7 Å². The predicted molar refractivity (Wildman–Crippen MR) is 87.4 cm³/mol. The summed E-state index contributed by atoms with van der Waals surface area (Å²) in [6, 6.07) is 9.30. The SMILES string of the molecule is Cc1nc(C(F)(F)F)ccc1C(=O)N(Cc1ccccc1)C(C)C(=O)O. The van der Waals surface area contributed by atoms with Gasteiger partial charge in [-0.3, -0.25) is 4.79 Å². The summed E-state index contributed by atoms with van der Waals surface area (Å²) in [5.74, 6) is -1.91. The standard InChI is InChI=1S/C18H17F3N2O3/c1-11-14(8-9-15(22-11)18(19,20)21)16(24)23(12(2)17(25)26)10-13-6-4-3-5-7-13/h3-9,12H,10H2,1-2H3,(H,25,26). The van der Waals surface area contributed by atoms with Crippen LogP contribution in [-0.2, 0) is 17.5 Å². The van der Waals surface area contributed by atoms with Gasteiger partial charge in [-0.1, -0.05) is 30.3 Å². The molecule has 0 spiro atoms. The summed E-state index contributed by atoms with van der Waals surface area (Å²) < 4.78 is 38.2. The van der Waals surface area contributed by atoms with Crippen LogP contribution >= 0.6 is 0 Å². The average molecular weight is 366 g/mol. The van der Waals surface area contributed by atoms with Gasteiger partial charge >= 0.3 is 12.1 Å². The fourth-order valence-electron chi connectivity index (χ4n) is 2.40. The summed E-state index contributed by atoms with van der Waals surface area (Å²) in [5.41, 5.74) is -0.582. The molecular weight excluding hydrogens is 349 g/mol. The van der Waals surface area contributed by atoms with E-state index in [2.05, 4.69) is 4.98 Å². The molecule has 0 fully saturated rings. The molecular formula is C18H17F3N2O3. The number of carbonyl (C=O) groups excluding carboxylic acids is 1. The minimum Gasteiger partial charge on any atom is -0.480 e. The first kappa shape index (κ1) is 19.4. The van der Waals surface area contributed by atoms with Gasteiger partial charge in [0, 0.05) is 6.54 Å². The van der Waals surface area contributed by atoms with Gasteiger partial charge < -0.3 is 10.0 Å². The van der Waals surface area contributed by atoms with Crippen molar-refractivity contribution in [2.24, 2.45) is 0 Å². The molecule has 0 saturated heterocycles. The predicted octanol–water partition coefficient (Wildman–Crippen LogP) is 3.52. The van der Waals surface area contributed by atoms with E-state index >= 15 is 0 Å². The van der Waals surface area contributed by atoms with Crippen molar-refractivity contribution in [1.29, 1.82) is 0 Å². The molecule has 0 aliphatic carbocycles. The molecule has 5 nitrogen and oxygen atoms in total. The van der Waals surface area contributed by atoms with E-state index in [0.717, 1.165) is 11.0 Å². The number of carbonyl (C=O) groups is 2. The Bertz CT molecular complexity index is 807. The summed E-state index contributed by atoms with van der Waals surface area (Å²) in [5, 5.41) is 9.29. The van der Waals surface area contributed by atoms with Gasteiger partial charge in [-0.15, -0.1) is 0 Å². The van der Waals surface area contributed by atoms with E-state index in [0.29, 0.717) is 11.6 Å². The Morgan fingerprint density at radius 2 is 1.77 bits per heavy atom. The lowest BCUT2D eigenvalue weighted by Crippen LogP contribution is -2.43. The van der Waals surface area contributed by atoms with Gasteiger partial charge in [-0.2, -0.15) is 13.2 Å². The van der Waals surface area contributed by atoms with E-state index in [1.807, 2.05) is 0 Å². The van der Waals surface area contributed by atoms with E-state index in [1.165, 1.54) is 13.8 Å². The number of aliphatic carboxylic acids is 1. The van der Waals surface area contributed by atoms with Crippen LogP contribution in [0.5, 0.6) is 0 Å². The number of nitrogens with zero attached hydrogens (tertiary/aromatic N) is 2. The van der Waals surface area contributed by atoms with Crippen molar-refractivity contribution in [3.8, 4) is 0 Å². The lowest BCUT2D eigenvalue weighted by molar-refractivity contribution is -0.142. The number of aryl methyl sites for hydroxylation is 1. The number of pyridine rings is 1. The fourth-order valence-corrected chi connectivity index (χ4v) is 2.40. The molecule has 1 aromatic heterocycles. The van der Waals surface area contributed by atoms with Gasteiger partial charge in [-0.05, 0) is 31.5 Å². The molecule has 26 heavy (non-hydrogen) atoms. The molecule has 1 amide bonds. The van der Waals surface area contributed by atoms with Crippen LogP contribution in [0.25, 0.3) is 0 Å². The molecule has 0 aliphatic heterocycles. The maximum absolute atomic E-state index is 12.8. The molecule has 0 aliphatic rings. The topological polar surface area (TPSA) is 70.5 Å². The second-order valence-electron chi connectivity index (χ2n) is 5.76. The molecule has 2 rings (SSSR count). The van der Waals surface area contributed by atoms with Crippen LogP contribution in [0.3, 0.4) is 0 Å². The average Bonchev–Trinajstić information content (AvgIpc) is 2.58. The van der Waals surface area contributed by atoms with E-state index in [-0.39, 0.29) is 17.8 Å². The summed E-state index contributed by atoms with van der Waals surface area (Å²) in [6.07, 6.45) is -4.62. The molecule has 1 N–H and O–H groups in total. The third kappa shape index (κ3) is 4.38. The van der Waals surface area contributed by atoms with E-state index in [9.17, 15) is 27.9 Å². The highest BCUT2D eigenvalue weighted by molar-refractivity contribution is 5.97. The van der Waals surface area contributed by atoms with Crippen molar-refractivity contribution in [3.63, 3.8) is 0 Å². The quantitative estimate of drug-likeness (QED) is 0.879. The van der Waals surface area contributed by atoms with Crippen molar-refractivity contribution >= 4 is 11.9 Å². The van der Waals surface area contributed by atoms with Crippen molar-refractivity contribution in [2.75, 3.05) is 0 Å². The molecule has 8 heteroatoms. The number of alkyl halides is 3. The zero-order valence-corrected chi connectivity index (χ0v) is 14.1. The number of hydrogen-bond acceptors (Lipinski definition) is 3. The van der Waals surface area contributed by atoms with Crippen molar-refractivity contribution in [3.05, 3.63) is 65.0 Å². The Balaban J connectivity index is 2.38. The maximum Gasteiger partial charge on any atom is 0.433 e. The summed E-state index contributed by atoms with van der Waals surface area (Å²) in [4.78, 5) is 28.7. The summed E-state index contributed by atoms with van der Waals surface area (Å²) in [7, 11) is 0. The largest absolute Gasteiger partial charge is 0.480 e. The number of rotatable bonds is 5. The molecule has 2 aromatic rings. The summed E-state index contributed by atoms with van der Waals surface area (Å²) >= 11 is 0. The van der Waals surface area contributed by atoms with Crippen LogP contribution in [0.2, 0.25) is 0 Å². The maximum atomic E-state index is 12.8. The smallest absolute Gasteiger partial charge is 0.433 e. The number of benzene rings is 1. The molecule has 138 valence electrons. The van der Waals surface area contributed by atoms with Crippen LogP contribution in [-0.4, -0.2) is 32.9 Å². The van der Waals surface area contributed by atoms with Gasteiger partial charge in [0.05, 0.1) is 11.3 Å². The number of amides is 1. The second-order valence-corrected chi connectivity index (χ2v) is 5.76. The minimum atomic E-state index is -4.62. The normalized spacial score (nSPS) is 12.5. The van der Waals surface area contributed by atoms with Crippen LogP contribution in [0.4, 0.5) is 13.2 Å². The molecule has 0 saturated carbocycles. The first-order chi connectivity index (χ1) is 12.1. The molecule has 1 aromatic carbocycles. The molecule has 0 radical (unpaired) electrons. The fraction of sp³-hybridized carbons (Fsp3) is 0.278. The Kier molecular flexibility index (Phi) is 5.64. The Morgan fingerprint density at radius 3 is 2.27 bits per heavy atom. The van der Waals surface area contributed by atoms with Crippen molar-refractivity contribution in [2.45, 2.75) is 32.6 Å². The van der Waals surface area contributed by atoms with Crippen LogP contribution in [0.15, 0.2) is 42.5 Å². The van der Waals surface area contributed by atoms with Gasteiger partial charge in [0.2, 0.25) is 0 Å².